The Hall–Kier alpha value is -2.14. The van der Waals surface area contributed by atoms with E-state index in [2.05, 4.69) is 43.6 Å². The molecule has 2 heterocycles. The Kier molecular flexibility index (Phi) is 4.15. The van der Waals surface area contributed by atoms with E-state index >= 15 is 0 Å². The average Bonchev–Trinajstić information content (AvgIpc) is 3.19. The maximum absolute atomic E-state index is 6.09. The van der Waals surface area contributed by atoms with E-state index in [9.17, 15) is 0 Å². The van der Waals surface area contributed by atoms with Gasteiger partial charge in [0.15, 0.2) is 0 Å². The molecule has 0 radical (unpaired) electrons. The lowest BCUT2D eigenvalue weighted by Gasteiger charge is -2.32. The number of rotatable bonds is 3. The van der Waals surface area contributed by atoms with Crippen molar-refractivity contribution in [2.24, 2.45) is 0 Å². The first-order valence-corrected chi connectivity index (χ1v) is 9.06. The van der Waals surface area contributed by atoms with Gasteiger partial charge in [-0.25, -0.2) is 0 Å². The first kappa shape index (κ1) is 17.3. The molecule has 0 saturated carbocycles. The van der Waals surface area contributed by atoms with Crippen LogP contribution in [0.3, 0.4) is 0 Å². The largest absolute Gasteiger partial charge is 0.494 e. The van der Waals surface area contributed by atoms with Gasteiger partial charge in [-0.05, 0) is 70.3 Å². The standard InChI is InChI=1S/C20H23BN2O3/c1-19(2)20(3,4)26-21(25-19)16-12-10-15(11-13-16)18-23-22-17(24-18)14-8-6-5-7-9-14/h5,9-14H,6,8H2,1-4H3. The minimum atomic E-state index is -0.369. The molecule has 0 bridgehead atoms. The molecule has 4 rings (SSSR count). The highest BCUT2D eigenvalue weighted by molar-refractivity contribution is 6.62. The van der Waals surface area contributed by atoms with Crippen molar-refractivity contribution in [2.45, 2.75) is 57.7 Å². The van der Waals surface area contributed by atoms with Crippen LogP contribution in [0.25, 0.3) is 11.5 Å². The van der Waals surface area contributed by atoms with E-state index in [4.69, 9.17) is 13.7 Å². The van der Waals surface area contributed by atoms with Crippen molar-refractivity contribution >= 4 is 12.6 Å². The molecule has 1 fully saturated rings. The molecule has 1 aromatic carbocycles. The average molecular weight is 350 g/mol. The quantitative estimate of drug-likeness (QED) is 0.625. The summed E-state index contributed by atoms with van der Waals surface area (Å²) in [6.07, 6.45) is 5.99. The molecule has 1 aliphatic carbocycles. The summed E-state index contributed by atoms with van der Waals surface area (Å²) in [5.41, 5.74) is 4.30. The molecule has 1 aromatic heterocycles. The second kappa shape index (κ2) is 6.24. The van der Waals surface area contributed by atoms with Crippen LogP contribution < -0.4 is 5.46 Å². The van der Waals surface area contributed by atoms with Gasteiger partial charge in [0, 0.05) is 5.56 Å². The van der Waals surface area contributed by atoms with Gasteiger partial charge in [-0.2, -0.15) is 0 Å². The minimum absolute atomic E-state index is 0.158. The summed E-state index contributed by atoms with van der Waals surface area (Å²) in [7, 11) is -0.369. The van der Waals surface area contributed by atoms with Crippen molar-refractivity contribution in [1.82, 2.24) is 10.2 Å². The lowest BCUT2D eigenvalue weighted by atomic mass is 9.79. The summed E-state index contributed by atoms with van der Waals surface area (Å²) in [4.78, 5) is 0. The smallest absolute Gasteiger partial charge is 0.420 e. The summed E-state index contributed by atoms with van der Waals surface area (Å²) in [6.45, 7) is 8.21. The number of aromatic nitrogens is 2. The first-order chi connectivity index (χ1) is 12.4. The van der Waals surface area contributed by atoms with E-state index in [-0.39, 0.29) is 24.2 Å². The molecule has 6 heteroatoms. The van der Waals surface area contributed by atoms with E-state index < -0.39 is 0 Å². The number of allylic oxidation sites excluding steroid dienone is 1. The molecular formula is C20H23BN2O3. The molecule has 5 nitrogen and oxygen atoms in total. The Morgan fingerprint density at radius 1 is 1.04 bits per heavy atom. The first-order valence-electron chi connectivity index (χ1n) is 9.06. The molecule has 2 aromatic rings. The van der Waals surface area contributed by atoms with Gasteiger partial charge in [0.25, 0.3) is 0 Å². The molecule has 1 atom stereocenters. The molecule has 2 aliphatic rings. The summed E-state index contributed by atoms with van der Waals surface area (Å²) in [5.74, 6) is 1.34. The lowest BCUT2D eigenvalue weighted by molar-refractivity contribution is 0.00578. The van der Waals surface area contributed by atoms with Crippen LogP contribution in [-0.2, 0) is 9.31 Å². The van der Waals surface area contributed by atoms with E-state index in [0.717, 1.165) is 23.9 Å². The van der Waals surface area contributed by atoms with E-state index in [1.807, 2.05) is 36.4 Å². The van der Waals surface area contributed by atoms with Crippen LogP contribution in [-0.4, -0.2) is 28.5 Å². The maximum atomic E-state index is 6.09. The third-order valence-corrected chi connectivity index (χ3v) is 5.48. The Labute approximate surface area is 154 Å². The zero-order valence-electron chi connectivity index (χ0n) is 15.7. The van der Waals surface area contributed by atoms with Gasteiger partial charge in [-0.1, -0.05) is 12.1 Å². The Bertz CT molecular complexity index is 847. The molecule has 1 aliphatic heterocycles. The van der Waals surface area contributed by atoms with Crippen LogP contribution in [0.5, 0.6) is 0 Å². The van der Waals surface area contributed by atoms with E-state index in [1.54, 1.807) is 0 Å². The van der Waals surface area contributed by atoms with Crippen molar-refractivity contribution in [3.05, 3.63) is 48.0 Å². The van der Waals surface area contributed by atoms with Crippen molar-refractivity contribution in [2.75, 3.05) is 0 Å². The number of benzene rings is 1. The second-order valence-electron chi connectivity index (χ2n) is 7.88. The fraction of sp³-hybridized carbons (Fsp3) is 0.450. The number of nitrogens with zero attached hydrogens (tertiary/aromatic N) is 2. The predicted molar refractivity (Wildman–Crippen MR) is 100 cm³/mol. The fourth-order valence-electron chi connectivity index (χ4n) is 3.07. The van der Waals surface area contributed by atoms with Gasteiger partial charge in [-0.3, -0.25) is 0 Å². The van der Waals surface area contributed by atoms with Gasteiger partial charge < -0.3 is 13.7 Å². The summed E-state index contributed by atoms with van der Waals surface area (Å²) < 4.78 is 18.1. The Morgan fingerprint density at radius 3 is 2.35 bits per heavy atom. The third-order valence-electron chi connectivity index (χ3n) is 5.48. The van der Waals surface area contributed by atoms with Gasteiger partial charge in [0.05, 0.1) is 17.1 Å². The van der Waals surface area contributed by atoms with Gasteiger partial charge in [0.1, 0.15) is 0 Å². The number of hydrogen-bond donors (Lipinski definition) is 0. The van der Waals surface area contributed by atoms with Crippen molar-refractivity contribution < 1.29 is 13.7 Å². The molecular weight excluding hydrogens is 327 g/mol. The third kappa shape index (κ3) is 3.05. The normalized spacial score (nSPS) is 23.5. The molecule has 0 spiro atoms. The highest BCUT2D eigenvalue weighted by Crippen LogP contribution is 2.36. The summed E-state index contributed by atoms with van der Waals surface area (Å²) in [5, 5.41) is 8.40. The monoisotopic (exact) mass is 350 g/mol. The SMILES string of the molecule is CC1(C)OB(c2ccc(-c3nnc(C4C=C=CCC4)o3)cc2)OC1(C)C. The fourth-order valence-corrected chi connectivity index (χ4v) is 3.07. The van der Waals surface area contributed by atoms with Crippen LogP contribution in [0, 0.1) is 0 Å². The molecule has 0 amide bonds. The minimum Gasteiger partial charge on any atom is -0.420 e. The van der Waals surface area contributed by atoms with Gasteiger partial charge in [-0.15, -0.1) is 15.9 Å². The maximum Gasteiger partial charge on any atom is 0.494 e. The van der Waals surface area contributed by atoms with Gasteiger partial charge in [0.2, 0.25) is 11.8 Å². The topological polar surface area (TPSA) is 57.4 Å². The Morgan fingerprint density at radius 2 is 1.73 bits per heavy atom. The number of hydrogen-bond acceptors (Lipinski definition) is 5. The summed E-state index contributed by atoms with van der Waals surface area (Å²) >= 11 is 0. The molecule has 26 heavy (non-hydrogen) atoms. The van der Waals surface area contributed by atoms with Crippen molar-refractivity contribution in [1.29, 1.82) is 0 Å². The van der Waals surface area contributed by atoms with E-state index in [0.29, 0.717) is 11.8 Å². The second-order valence-corrected chi connectivity index (χ2v) is 7.88. The van der Waals surface area contributed by atoms with E-state index in [1.165, 1.54) is 0 Å². The van der Waals surface area contributed by atoms with Crippen LogP contribution in [0.1, 0.15) is 52.3 Å². The summed E-state index contributed by atoms with van der Waals surface area (Å²) in [6, 6.07) is 7.91. The van der Waals surface area contributed by atoms with Crippen LogP contribution in [0.4, 0.5) is 0 Å². The molecule has 1 unspecified atom stereocenters. The predicted octanol–water partition coefficient (Wildman–Crippen LogP) is 3.62. The van der Waals surface area contributed by atoms with Crippen molar-refractivity contribution in [3.63, 3.8) is 0 Å². The zero-order chi connectivity index (χ0) is 18.4. The lowest BCUT2D eigenvalue weighted by Crippen LogP contribution is -2.41. The van der Waals surface area contributed by atoms with Crippen LogP contribution in [0.2, 0.25) is 0 Å². The van der Waals surface area contributed by atoms with Crippen LogP contribution >= 0.6 is 0 Å². The molecule has 1 saturated heterocycles. The molecule has 134 valence electrons. The molecule has 0 N–H and O–H groups in total. The highest BCUT2D eigenvalue weighted by Gasteiger charge is 2.51. The Balaban J connectivity index is 1.52. The highest BCUT2D eigenvalue weighted by atomic mass is 16.7. The van der Waals surface area contributed by atoms with Gasteiger partial charge >= 0.3 is 7.12 Å². The van der Waals surface area contributed by atoms with Crippen LogP contribution in [0.15, 0.2) is 46.6 Å². The zero-order valence-corrected chi connectivity index (χ0v) is 15.7. The van der Waals surface area contributed by atoms with Crippen molar-refractivity contribution in [3.8, 4) is 11.5 Å².